The molecule has 2 rings (SSSR count). The van der Waals surface area contributed by atoms with Crippen LogP contribution in [0.1, 0.15) is 44.7 Å². The first-order chi connectivity index (χ1) is 10.8. The zero-order valence-electron chi connectivity index (χ0n) is 14.4. The molecule has 1 saturated heterocycles. The van der Waals surface area contributed by atoms with Gasteiger partial charge in [0, 0.05) is 13.1 Å². The number of nitrogens with one attached hydrogen (secondary N) is 2. The lowest BCUT2D eigenvalue weighted by atomic mass is 10.1. The molecule has 0 saturated carbocycles. The summed E-state index contributed by atoms with van der Waals surface area (Å²) in [6.07, 6.45) is 3.86. The van der Waals surface area contributed by atoms with Crippen LogP contribution < -0.4 is 10.6 Å². The van der Waals surface area contributed by atoms with E-state index in [1.54, 1.807) is 0 Å². The summed E-state index contributed by atoms with van der Waals surface area (Å²) in [6.45, 7) is 9.77. The second-order valence-corrected chi connectivity index (χ2v) is 5.94. The van der Waals surface area contributed by atoms with Gasteiger partial charge in [0.2, 0.25) is 0 Å². The largest absolute Gasteiger partial charge is 0.357 e. The summed E-state index contributed by atoms with van der Waals surface area (Å²) in [5.41, 5.74) is 1.28. The Labute approximate surface area is 158 Å². The van der Waals surface area contributed by atoms with Gasteiger partial charge in [0.05, 0.1) is 6.04 Å². The highest BCUT2D eigenvalue weighted by Crippen LogP contribution is 2.11. The predicted octanol–water partition coefficient (Wildman–Crippen LogP) is 3.41. The number of likely N-dealkylation sites (tertiary alicyclic amines) is 1. The molecule has 130 valence electrons. The van der Waals surface area contributed by atoms with Crippen molar-refractivity contribution in [3.63, 3.8) is 0 Å². The van der Waals surface area contributed by atoms with E-state index in [9.17, 15) is 0 Å². The van der Waals surface area contributed by atoms with E-state index in [2.05, 4.69) is 53.6 Å². The summed E-state index contributed by atoms with van der Waals surface area (Å²) < 4.78 is 0. The van der Waals surface area contributed by atoms with Gasteiger partial charge in [-0.3, -0.25) is 4.99 Å². The van der Waals surface area contributed by atoms with Crippen LogP contribution in [0.2, 0.25) is 0 Å². The second kappa shape index (κ2) is 11.7. The number of benzene rings is 1. The molecule has 0 spiro atoms. The summed E-state index contributed by atoms with van der Waals surface area (Å²) in [7, 11) is 0. The highest BCUT2D eigenvalue weighted by molar-refractivity contribution is 14.0. The van der Waals surface area contributed by atoms with Crippen LogP contribution in [0.15, 0.2) is 35.3 Å². The van der Waals surface area contributed by atoms with E-state index in [0.717, 1.165) is 25.5 Å². The number of aliphatic imine (C=N–C) groups is 1. The van der Waals surface area contributed by atoms with Crippen LogP contribution in [0.4, 0.5) is 0 Å². The van der Waals surface area contributed by atoms with Crippen LogP contribution in [-0.2, 0) is 0 Å². The Bertz CT molecular complexity index is 444. The van der Waals surface area contributed by atoms with Crippen molar-refractivity contribution in [1.29, 1.82) is 0 Å². The molecule has 5 heteroatoms. The highest BCUT2D eigenvalue weighted by Gasteiger charge is 2.10. The molecule has 0 aromatic heterocycles. The van der Waals surface area contributed by atoms with E-state index in [1.807, 2.05) is 6.07 Å². The third-order valence-electron chi connectivity index (χ3n) is 4.10. The summed E-state index contributed by atoms with van der Waals surface area (Å²) in [6, 6.07) is 10.8. The van der Waals surface area contributed by atoms with Gasteiger partial charge in [0.25, 0.3) is 0 Å². The van der Waals surface area contributed by atoms with Crippen molar-refractivity contribution >= 4 is 29.9 Å². The monoisotopic (exact) mass is 430 g/mol. The van der Waals surface area contributed by atoms with E-state index >= 15 is 0 Å². The maximum Gasteiger partial charge on any atom is 0.191 e. The zero-order valence-corrected chi connectivity index (χ0v) is 16.8. The number of nitrogens with zero attached hydrogens (tertiary/aromatic N) is 2. The fourth-order valence-electron chi connectivity index (χ4n) is 2.84. The fourth-order valence-corrected chi connectivity index (χ4v) is 2.84. The van der Waals surface area contributed by atoms with Gasteiger partial charge in [-0.15, -0.1) is 24.0 Å². The summed E-state index contributed by atoms with van der Waals surface area (Å²) in [5.74, 6) is 0.917. The van der Waals surface area contributed by atoms with E-state index in [0.29, 0.717) is 0 Å². The van der Waals surface area contributed by atoms with Gasteiger partial charge in [-0.05, 0) is 58.3 Å². The van der Waals surface area contributed by atoms with Gasteiger partial charge in [-0.2, -0.15) is 0 Å². The Morgan fingerprint density at radius 3 is 2.57 bits per heavy atom. The molecular weight excluding hydrogens is 399 g/mol. The van der Waals surface area contributed by atoms with Gasteiger partial charge < -0.3 is 15.5 Å². The van der Waals surface area contributed by atoms with Crippen LogP contribution >= 0.6 is 24.0 Å². The number of hydrogen-bond acceptors (Lipinski definition) is 2. The topological polar surface area (TPSA) is 39.7 Å². The summed E-state index contributed by atoms with van der Waals surface area (Å²) >= 11 is 0. The molecule has 0 bridgehead atoms. The van der Waals surface area contributed by atoms with Crippen molar-refractivity contribution in [1.82, 2.24) is 15.5 Å². The minimum absolute atomic E-state index is 0. The maximum absolute atomic E-state index is 4.71. The molecule has 1 aliphatic heterocycles. The van der Waals surface area contributed by atoms with Gasteiger partial charge in [0.15, 0.2) is 5.96 Å². The molecule has 1 fully saturated rings. The van der Waals surface area contributed by atoms with Crippen molar-refractivity contribution in [2.75, 3.05) is 32.7 Å². The normalized spacial score (nSPS) is 16.7. The van der Waals surface area contributed by atoms with Gasteiger partial charge in [0.1, 0.15) is 0 Å². The van der Waals surface area contributed by atoms with E-state index in [-0.39, 0.29) is 30.0 Å². The Hall–Kier alpha value is -0.820. The standard InChI is InChI=1S/C18H30N4.HI/c1-3-19-18(20-12-9-15-22-13-7-8-14-22)21-16(2)17-10-5-4-6-11-17;/h4-6,10-11,16H,3,7-9,12-15H2,1-2H3,(H2,19,20,21);1H. The third-order valence-corrected chi connectivity index (χ3v) is 4.10. The molecular formula is C18H31IN4. The Kier molecular flexibility index (Phi) is 10.3. The first kappa shape index (κ1) is 20.2. The van der Waals surface area contributed by atoms with Gasteiger partial charge in [-0.25, -0.2) is 0 Å². The smallest absolute Gasteiger partial charge is 0.191 e. The van der Waals surface area contributed by atoms with Crippen LogP contribution in [-0.4, -0.2) is 43.6 Å². The van der Waals surface area contributed by atoms with E-state index in [4.69, 9.17) is 4.99 Å². The van der Waals surface area contributed by atoms with Crippen molar-refractivity contribution in [3.05, 3.63) is 35.9 Å². The van der Waals surface area contributed by atoms with Crippen LogP contribution in [0.25, 0.3) is 0 Å². The molecule has 4 nitrogen and oxygen atoms in total. The molecule has 1 aromatic carbocycles. The molecule has 1 unspecified atom stereocenters. The molecule has 1 heterocycles. The minimum atomic E-state index is 0. The highest BCUT2D eigenvalue weighted by atomic mass is 127. The molecule has 1 atom stereocenters. The summed E-state index contributed by atoms with van der Waals surface area (Å²) in [5, 5.41) is 6.82. The molecule has 2 N–H and O–H groups in total. The molecule has 23 heavy (non-hydrogen) atoms. The number of guanidine groups is 1. The van der Waals surface area contributed by atoms with Crippen molar-refractivity contribution in [2.45, 2.75) is 39.2 Å². The lowest BCUT2D eigenvalue weighted by Gasteiger charge is -2.18. The van der Waals surface area contributed by atoms with Crippen LogP contribution in [0, 0.1) is 0 Å². The maximum atomic E-state index is 4.71. The molecule has 0 aliphatic carbocycles. The van der Waals surface area contributed by atoms with E-state index in [1.165, 1.54) is 38.0 Å². The quantitative estimate of drug-likeness (QED) is 0.302. The lowest BCUT2D eigenvalue weighted by molar-refractivity contribution is 0.336. The first-order valence-electron chi connectivity index (χ1n) is 8.61. The second-order valence-electron chi connectivity index (χ2n) is 5.94. The average Bonchev–Trinajstić information content (AvgIpc) is 3.06. The van der Waals surface area contributed by atoms with Gasteiger partial charge in [-0.1, -0.05) is 30.3 Å². The van der Waals surface area contributed by atoms with Crippen molar-refractivity contribution in [2.24, 2.45) is 4.99 Å². The van der Waals surface area contributed by atoms with Crippen LogP contribution in [0.3, 0.4) is 0 Å². The first-order valence-corrected chi connectivity index (χ1v) is 8.61. The van der Waals surface area contributed by atoms with Gasteiger partial charge >= 0.3 is 0 Å². The van der Waals surface area contributed by atoms with Crippen LogP contribution in [0.5, 0.6) is 0 Å². The molecule has 1 aliphatic rings. The summed E-state index contributed by atoms with van der Waals surface area (Å²) in [4.78, 5) is 7.25. The number of hydrogen-bond donors (Lipinski definition) is 2. The van der Waals surface area contributed by atoms with Crippen molar-refractivity contribution in [3.8, 4) is 0 Å². The minimum Gasteiger partial charge on any atom is -0.357 e. The van der Waals surface area contributed by atoms with Crippen molar-refractivity contribution < 1.29 is 0 Å². The Morgan fingerprint density at radius 1 is 1.22 bits per heavy atom. The van der Waals surface area contributed by atoms with E-state index < -0.39 is 0 Å². The Morgan fingerprint density at radius 2 is 1.91 bits per heavy atom. The molecule has 1 aromatic rings. The number of rotatable bonds is 7. The third kappa shape index (κ3) is 7.52. The zero-order chi connectivity index (χ0) is 15.6. The average molecular weight is 430 g/mol. The Balaban J connectivity index is 0.00000264. The number of halogens is 1. The predicted molar refractivity (Wildman–Crippen MR) is 110 cm³/mol. The molecule has 0 radical (unpaired) electrons. The fraction of sp³-hybridized carbons (Fsp3) is 0.611. The lowest BCUT2D eigenvalue weighted by Crippen LogP contribution is -2.38. The SMILES string of the molecule is CCNC(=NCCCN1CCCC1)NC(C)c1ccccc1.I. The molecule has 0 amide bonds.